The van der Waals surface area contributed by atoms with Gasteiger partial charge in [-0.2, -0.15) is 0 Å². The second-order valence-electron chi connectivity index (χ2n) is 7.29. The zero-order valence-corrected chi connectivity index (χ0v) is 20.4. The highest BCUT2D eigenvalue weighted by atomic mass is 35.5. The molecule has 164 valence electrons. The highest BCUT2D eigenvalue weighted by Gasteiger charge is 2.16. The number of benzene rings is 2. The number of allylic oxidation sites excluding steroid dienone is 5. The van der Waals surface area contributed by atoms with Gasteiger partial charge in [-0.05, 0) is 74.8 Å². The smallest absolute Gasteiger partial charge is 0.199 e. The molecule has 0 atom stereocenters. The van der Waals surface area contributed by atoms with E-state index < -0.39 is 0 Å². The van der Waals surface area contributed by atoms with Crippen LogP contribution in [0.15, 0.2) is 78.4 Å². The van der Waals surface area contributed by atoms with Crippen LogP contribution in [0.3, 0.4) is 0 Å². The maximum absolute atomic E-state index is 6.63. The molecule has 0 aromatic heterocycles. The molecule has 0 bridgehead atoms. The maximum Gasteiger partial charge on any atom is 0.199 e. The summed E-state index contributed by atoms with van der Waals surface area (Å²) in [6.45, 7) is 12.8. The Bertz CT molecular complexity index is 970. The van der Waals surface area contributed by atoms with E-state index in [1.807, 2.05) is 12.1 Å². The molecule has 0 fully saturated rings. The predicted octanol–water partition coefficient (Wildman–Crippen LogP) is 3.61. The lowest BCUT2D eigenvalue weighted by atomic mass is 9.90. The first-order valence-corrected chi connectivity index (χ1v) is 11.3. The van der Waals surface area contributed by atoms with Crippen molar-refractivity contribution >= 4 is 28.6 Å². The van der Waals surface area contributed by atoms with Crippen molar-refractivity contribution in [2.45, 2.75) is 27.7 Å². The molecule has 3 rings (SSSR count). The molecule has 0 unspecified atom stereocenters. The molecule has 31 heavy (non-hydrogen) atoms. The lowest BCUT2D eigenvalue weighted by Crippen LogP contribution is -3.00. The molecule has 4 heteroatoms. The zero-order chi connectivity index (χ0) is 21.5. The summed E-state index contributed by atoms with van der Waals surface area (Å²) in [7, 11) is 0. The molecule has 1 aliphatic rings. The zero-order valence-electron chi connectivity index (χ0n) is 18.9. The molecule has 1 aliphatic carbocycles. The first-order valence-electron chi connectivity index (χ1n) is 10.9. The van der Waals surface area contributed by atoms with E-state index in [-0.39, 0.29) is 12.4 Å². The average molecular weight is 455 g/mol. The Morgan fingerprint density at radius 1 is 0.806 bits per heavy atom. The van der Waals surface area contributed by atoms with Crippen LogP contribution >= 0.6 is 11.6 Å². The Balaban J connectivity index is 0.00000341. The van der Waals surface area contributed by atoms with E-state index in [0.717, 1.165) is 42.3 Å². The van der Waals surface area contributed by atoms with Crippen LogP contribution in [-0.2, 0) is 0 Å². The Kier molecular flexibility index (Phi) is 9.61. The van der Waals surface area contributed by atoms with E-state index in [1.165, 1.54) is 22.5 Å². The van der Waals surface area contributed by atoms with E-state index in [1.54, 1.807) is 0 Å². The van der Waals surface area contributed by atoms with Crippen LogP contribution in [0.1, 0.15) is 38.8 Å². The van der Waals surface area contributed by atoms with Crippen molar-refractivity contribution in [1.29, 1.82) is 0 Å². The summed E-state index contributed by atoms with van der Waals surface area (Å²) in [4.78, 5) is 2.36. The minimum absolute atomic E-state index is 0. The topological polar surface area (TPSA) is 6.25 Å². The van der Waals surface area contributed by atoms with E-state index in [9.17, 15) is 0 Å². The van der Waals surface area contributed by atoms with E-state index in [0.29, 0.717) is 0 Å². The fourth-order valence-electron chi connectivity index (χ4n) is 4.00. The summed E-state index contributed by atoms with van der Waals surface area (Å²) in [5, 5.41) is 0.771. The lowest BCUT2D eigenvalue weighted by Gasteiger charge is -2.22. The molecule has 0 saturated heterocycles. The molecule has 0 N–H and O–H groups in total. The predicted molar refractivity (Wildman–Crippen MR) is 132 cm³/mol. The van der Waals surface area contributed by atoms with Crippen LogP contribution in [-0.4, -0.2) is 36.5 Å². The third kappa shape index (κ3) is 5.70. The van der Waals surface area contributed by atoms with Crippen molar-refractivity contribution in [2.75, 3.05) is 31.1 Å². The van der Waals surface area contributed by atoms with Crippen molar-refractivity contribution in [1.82, 2.24) is 0 Å². The highest BCUT2D eigenvalue weighted by Crippen LogP contribution is 2.34. The van der Waals surface area contributed by atoms with Crippen LogP contribution < -0.4 is 17.3 Å². The maximum atomic E-state index is 6.63. The Hall–Kier alpha value is -2.29. The number of anilines is 1. The summed E-state index contributed by atoms with van der Waals surface area (Å²) >= 11 is 6.63. The van der Waals surface area contributed by atoms with Crippen molar-refractivity contribution in [2.24, 2.45) is 0 Å². The highest BCUT2D eigenvalue weighted by molar-refractivity contribution is 6.32. The Labute approximate surface area is 198 Å². The van der Waals surface area contributed by atoms with E-state index >= 15 is 0 Å². The van der Waals surface area contributed by atoms with E-state index in [4.69, 9.17) is 11.6 Å². The minimum Gasteiger partial charge on any atom is -1.00 e. The molecule has 2 aromatic rings. The summed E-state index contributed by atoms with van der Waals surface area (Å²) in [6, 6.07) is 17.0. The molecule has 0 heterocycles. The van der Waals surface area contributed by atoms with E-state index in [2.05, 4.69) is 97.9 Å². The van der Waals surface area contributed by atoms with Gasteiger partial charge in [0.15, 0.2) is 5.71 Å². The third-order valence-electron chi connectivity index (χ3n) is 5.71. The molecule has 0 radical (unpaired) electrons. The number of nitrogens with zero attached hydrogens (tertiary/aromatic N) is 2. The van der Waals surface area contributed by atoms with Crippen molar-refractivity contribution in [3.05, 3.63) is 94.6 Å². The number of rotatable bonds is 7. The molecule has 0 amide bonds. The van der Waals surface area contributed by atoms with Crippen molar-refractivity contribution in [3.63, 3.8) is 0 Å². The van der Waals surface area contributed by atoms with Crippen molar-refractivity contribution in [3.8, 4) is 0 Å². The van der Waals surface area contributed by atoms with Crippen LogP contribution in [0, 0.1) is 0 Å². The Morgan fingerprint density at radius 3 is 1.90 bits per heavy atom. The van der Waals surface area contributed by atoms with Crippen LogP contribution in [0.5, 0.6) is 0 Å². The fourth-order valence-corrected chi connectivity index (χ4v) is 4.23. The van der Waals surface area contributed by atoms with Gasteiger partial charge in [-0.3, -0.25) is 0 Å². The standard InChI is InChI=1S/C27H32ClN2.ClH/c1-5-29(6-2)23-17-13-21(14-18-23)27(25-11-9-10-12-26(25)28)22-15-19-24(20-16-22)30(7-3)8-4;/h9-20H,5-8H2,1-4H3;1H/q+1;/p-1. The normalized spacial score (nSPS) is 12.5. The third-order valence-corrected chi connectivity index (χ3v) is 6.04. The second-order valence-corrected chi connectivity index (χ2v) is 7.70. The molecular formula is C27H32Cl2N2. The summed E-state index contributed by atoms with van der Waals surface area (Å²) in [6.07, 6.45) is 8.85. The van der Waals surface area contributed by atoms with Gasteiger partial charge in [-0.1, -0.05) is 41.9 Å². The second kappa shape index (κ2) is 11.9. The number of halogens is 2. The summed E-state index contributed by atoms with van der Waals surface area (Å²) < 4.78 is 2.36. The fraction of sp³-hybridized carbons (Fsp3) is 0.296. The van der Waals surface area contributed by atoms with Gasteiger partial charge in [0.05, 0.1) is 0 Å². The van der Waals surface area contributed by atoms with Gasteiger partial charge in [0.1, 0.15) is 13.1 Å². The van der Waals surface area contributed by atoms with Gasteiger partial charge >= 0.3 is 0 Å². The van der Waals surface area contributed by atoms with Gasteiger partial charge in [-0.15, -0.1) is 0 Å². The van der Waals surface area contributed by atoms with Gasteiger partial charge < -0.3 is 17.3 Å². The van der Waals surface area contributed by atoms with Gasteiger partial charge in [0.25, 0.3) is 0 Å². The van der Waals surface area contributed by atoms with Crippen molar-refractivity contribution < 1.29 is 17.0 Å². The van der Waals surface area contributed by atoms with Gasteiger partial charge in [0.2, 0.25) is 0 Å². The van der Waals surface area contributed by atoms with Gasteiger partial charge in [0, 0.05) is 41.5 Å². The summed E-state index contributed by atoms with van der Waals surface area (Å²) in [5.74, 6) is 0. The first kappa shape index (κ1) is 25.0. The summed E-state index contributed by atoms with van der Waals surface area (Å²) in [5.41, 5.74) is 7.07. The SMILES string of the molecule is CCN(CC)c1ccc(C(=C2C=CC(=[N+](CC)CC)C=C2)c2ccccc2Cl)cc1.[Cl-]. The Morgan fingerprint density at radius 2 is 1.39 bits per heavy atom. The van der Waals surface area contributed by atoms with Crippen LogP contribution in [0.25, 0.3) is 5.57 Å². The largest absolute Gasteiger partial charge is 1.00 e. The molecule has 2 nitrogen and oxygen atoms in total. The monoisotopic (exact) mass is 454 g/mol. The lowest BCUT2D eigenvalue weighted by molar-refractivity contribution is -0.519. The molecule has 0 aliphatic heterocycles. The molecule has 2 aromatic carbocycles. The molecular weight excluding hydrogens is 423 g/mol. The molecule has 0 spiro atoms. The van der Waals surface area contributed by atoms with Gasteiger partial charge in [-0.25, -0.2) is 4.58 Å². The first-order chi connectivity index (χ1) is 14.6. The number of hydrogen-bond donors (Lipinski definition) is 0. The average Bonchev–Trinajstić information content (AvgIpc) is 2.79. The minimum atomic E-state index is 0. The quantitative estimate of drug-likeness (QED) is 0.579. The molecule has 0 saturated carbocycles. The van der Waals surface area contributed by atoms with Crippen LogP contribution in [0.4, 0.5) is 5.69 Å². The number of hydrogen-bond acceptors (Lipinski definition) is 1. The van der Waals surface area contributed by atoms with Crippen LogP contribution in [0.2, 0.25) is 5.02 Å².